The molecular weight excluding hydrogens is 845 g/mol. The van der Waals surface area contributed by atoms with Crippen LogP contribution in [0.15, 0.2) is 279 Å². The number of anilines is 3. The van der Waals surface area contributed by atoms with E-state index < -0.39 is 0 Å². The first-order valence-electron chi connectivity index (χ1n) is 24.1. The van der Waals surface area contributed by atoms with Crippen molar-refractivity contribution in [2.24, 2.45) is 0 Å². The van der Waals surface area contributed by atoms with Crippen LogP contribution in [0.25, 0.3) is 105 Å². The van der Waals surface area contributed by atoms with Crippen molar-refractivity contribution in [3.63, 3.8) is 0 Å². The number of para-hydroxylation sites is 2. The van der Waals surface area contributed by atoms with Crippen molar-refractivity contribution >= 4 is 60.4 Å². The first kappa shape index (κ1) is 41.0. The molecule has 0 fully saturated rings. The summed E-state index contributed by atoms with van der Waals surface area (Å²) >= 11 is 0. The molecule has 0 N–H and O–H groups in total. The Bertz CT molecular complexity index is 3850. The summed E-state index contributed by atoms with van der Waals surface area (Å²) in [7, 11) is 0. The zero-order valence-electron chi connectivity index (χ0n) is 38.5. The van der Waals surface area contributed by atoms with Crippen LogP contribution in [0.2, 0.25) is 0 Å². The quantitative estimate of drug-likeness (QED) is 0.140. The van der Waals surface area contributed by atoms with Crippen LogP contribution in [0.4, 0.5) is 17.1 Å². The van der Waals surface area contributed by atoms with Gasteiger partial charge in [0.05, 0.1) is 28.1 Å². The molecule has 0 unspecified atom stereocenters. The number of fused-ring (bicyclic) bond motifs is 5. The molecule has 0 saturated carbocycles. The topological polar surface area (TPSA) is 8.17 Å². The second kappa shape index (κ2) is 17.4. The molecule has 1 heterocycles. The predicted octanol–water partition coefficient (Wildman–Crippen LogP) is 18.9. The number of aromatic nitrogens is 1. The molecule has 2 heteroatoms. The lowest BCUT2D eigenvalue weighted by Crippen LogP contribution is -2.12. The van der Waals surface area contributed by atoms with Gasteiger partial charge in [-0.05, 0) is 115 Å². The smallest absolute Gasteiger partial charge is 0.0541 e. The van der Waals surface area contributed by atoms with Crippen LogP contribution in [0.1, 0.15) is 0 Å². The zero-order chi connectivity index (χ0) is 46.4. The molecule has 12 aromatic carbocycles. The maximum Gasteiger partial charge on any atom is 0.0541 e. The third-order valence-corrected chi connectivity index (χ3v) is 14.0. The fourth-order valence-corrected chi connectivity index (χ4v) is 10.6. The predicted molar refractivity (Wildman–Crippen MR) is 298 cm³/mol. The number of benzene rings is 12. The van der Waals surface area contributed by atoms with Crippen LogP contribution in [0, 0.1) is 0 Å². The summed E-state index contributed by atoms with van der Waals surface area (Å²) in [5, 5.41) is 7.23. The molecule has 0 radical (unpaired) electrons. The molecule has 1 aromatic heterocycles. The molecule has 0 aliphatic rings. The Morgan fingerprint density at radius 3 is 1.20 bits per heavy atom. The monoisotopic (exact) mass is 890 g/mol. The molecule has 0 bridgehead atoms. The highest BCUT2D eigenvalue weighted by molar-refractivity contribution is 6.12. The summed E-state index contributed by atoms with van der Waals surface area (Å²) in [5.74, 6) is 0. The van der Waals surface area contributed by atoms with E-state index in [1.165, 1.54) is 65.7 Å². The van der Waals surface area contributed by atoms with Gasteiger partial charge in [-0.2, -0.15) is 0 Å². The maximum atomic E-state index is 2.47. The highest BCUT2D eigenvalue weighted by Crippen LogP contribution is 2.47. The Morgan fingerprint density at radius 2 is 0.629 bits per heavy atom. The summed E-state index contributed by atoms with van der Waals surface area (Å²) in [6.45, 7) is 0. The van der Waals surface area contributed by atoms with Crippen molar-refractivity contribution in [3.8, 4) is 61.3 Å². The normalized spacial score (nSPS) is 11.4. The average Bonchev–Trinajstić information content (AvgIpc) is 3.77. The molecule has 328 valence electrons. The summed E-state index contributed by atoms with van der Waals surface area (Å²) < 4.78 is 2.46. The molecule has 0 spiro atoms. The average molecular weight is 891 g/mol. The van der Waals surface area contributed by atoms with Gasteiger partial charge >= 0.3 is 0 Å². The summed E-state index contributed by atoms with van der Waals surface area (Å²) in [6.07, 6.45) is 0. The fraction of sp³-hybridized carbons (Fsp3) is 0. The lowest BCUT2D eigenvalue weighted by atomic mass is 9.95. The second-order valence-corrected chi connectivity index (χ2v) is 18.1. The van der Waals surface area contributed by atoms with E-state index in [1.54, 1.807) is 0 Å². The molecule has 0 atom stereocenters. The van der Waals surface area contributed by atoms with Crippen LogP contribution in [-0.4, -0.2) is 4.57 Å². The summed E-state index contributed by atoms with van der Waals surface area (Å²) in [6, 6.07) is 102. The minimum atomic E-state index is 1.12. The zero-order valence-corrected chi connectivity index (χ0v) is 38.5. The van der Waals surface area contributed by atoms with E-state index in [-0.39, 0.29) is 0 Å². The van der Waals surface area contributed by atoms with E-state index in [2.05, 4.69) is 289 Å². The summed E-state index contributed by atoms with van der Waals surface area (Å²) in [5.41, 5.74) is 18.6. The lowest BCUT2D eigenvalue weighted by molar-refractivity contribution is 1.18. The first-order chi connectivity index (χ1) is 34.7. The van der Waals surface area contributed by atoms with Gasteiger partial charge in [0.1, 0.15) is 0 Å². The minimum absolute atomic E-state index is 1.12. The van der Waals surface area contributed by atoms with Gasteiger partial charge in [-0.25, -0.2) is 0 Å². The van der Waals surface area contributed by atoms with Crippen LogP contribution in [0.5, 0.6) is 0 Å². The van der Waals surface area contributed by atoms with Gasteiger partial charge in [0.2, 0.25) is 0 Å². The van der Waals surface area contributed by atoms with Crippen LogP contribution < -0.4 is 4.90 Å². The Morgan fingerprint density at radius 1 is 0.229 bits per heavy atom. The van der Waals surface area contributed by atoms with Gasteiger partial charge in [-0.1, -0.05) is 224 Å². The van der Waals surface area contributed by atoms with E-state index in [0.29, 0.717) is 0 Å². The SMILES string of the molecule is c1ccc(-c2ccc(-c3cc(-c4ccc(-c5ccccc5)cc4)cc(-n4c5ccccc5c5cc(-c6ccccc6N(c6cccc7ccccc67)c6cccc7ccccc67)ccc54)c3)cc2)cc1. The largest absolute Gasteiger partial charge is 0.309 e. The summed E-state index contributed by atoms with van der Waals surface area (Å²) in [4.78, 5) is 2.47. The van der Waals surface area contributed by atoms with Gasteiger partial charge in [-0.3, -0.25) is 0 Å². The first-order valence-corrected chi connectivity index (χ1v) is 24.1. The number of hydrogen-bond donors (Lipinski definition) is 0. The Kier molecular flexibility index (Phi) is 10.2. The lowest BCUT2D eigenvalue weighted by Gasteiger charge is -2.30. The fourth-order valence-electron chi connectivity index (χ4n) is 10.6. The Balaban J connectivity index is 0.986. The standard InChI is InChI=1S/C68H46N2/c1-3-17-47(18-4-1)49-33-37-51(38-34-49)56-43-57(52-39-35-50(36-40-52)48-19-5-2-6-20-48)45-58(44-56)69-67-30-14-12-28-62(67)63-46-55(41-42-68(63)69)61-27-11-13-29-64(61)70(65-31-15-23-53-21-7-9-25-59(53)65)66-32-16-24-54-22-8-10-26-60(54)66/h1-46H. The Hall–Kier alpha value is -9.24. The van der Waals surface area contributed by atoms with Crippen molar-refractivity contribution in [1.29, 1.82) is 0 Å². The Labute approximate surface area is 408 Å². The minimum Gasteiger partial charge on any atom is -0.309 e. The molecule has 0 aliphatic carbocycles. The van der Waals surface area contributed by atoms with Crippen molar-refractivity contribution < 1.29 is 0 Å². The van der Waals surface area contributed by atoms with E-state index in [1.807, 2.05) is 0 Å². The highest BCUT2D eigenvalue weighted by Gasteiger charge is 2.22. The third-order valence-electron chi connectivity index (χ3n) is 14.0. The van der Waals surface area contributed by atoms with Gasteiger partial charge < -0.3 is 9.47 Å². The molecule has 13 aromatic rings. The highest BCUT2D eigenvalue weighted by atomic mass is 15.1. The van der Waals surface area contributed by atoms with Crippen molar-refractivity contribution in [1.82, 2.24) is 4.57 Å². The van der Waals surface area contributed by atoms with Gasteiger partial charge in [0, 0.05) is 32.8 Å². The third kappa shape index (κ3) is 7.31. The van der Waals surface area contributed by atoms with E-state index in [4.69, 9.17) is 0 Å². The van der Waals surface area contributed by atoms with Crippen molar-refractivity contribution in [2.75, 3.05) is 4.90 Å². The molecule has 0 saturated heterocycles. The van der Waals surface area contributed by atoms with Crippen LogP contribution in [0.3, 0.4) is 0 Å². The van der Waals surface area contributed by atoms with Crippen molar-refractivity contribution in [3.05, 3.63) is 279 Å². The van der Waals surface area contributed by atoms with Gasteiger partial charge in [0.25, 0.3) is 0 Å². The number of rotatable bonds is 9. The van der Waals surface area contributed by atoms with Crippen LogP contribution in [-0.2, 0) is 0 Å². The van der Waals surface area contributed by atoms with Crippen molar-refractivity contribution in [2.45, 2.75) is 0 Å². The molecule has 70 heavy (non-hydrogen) atoms. The second-order valence-electron chi connectivity index (χ2n) is 18.1. The molecular formula is C68H46N2. The molecule has 2 nitrogen and oxygen atoms in total. The molecule has 0 amide bonds. The van der Waals surface area contributed by atoms with E-state index in [9.17, 15) is 0 Å². The molecule has 0 aliphatic heterocycles. The number of nitrogens with zero attached hydrogens (tertiary/aromatic N) is 2. The van der Waals surface area contributed by atoms with Gasteiger partial charge in [-0.15, -0.1) is 0 Å². The van der Waals surface area contributed by atoms with E-state index >= 15 is 0 Å². The van der Waals surface area contributed by atoms with Gasteiger partial charge in [0.15, 0.2) is 0 Å². The number of hydrogen-bond acceptors (Lipinski definition) is 1. The van der Waals surface area contributed by atoms with E-state index in [0.717, 1.165) is 56.0 Å². The van der Waals surface area contributed by atoms with Crippen LogP contribution >= 0.6 is 0 Å². The maximum absolute atomic E-state index is 2.47. The molecule has 13 rings (SSSR count).